The molecule has 9 heteroatoms. The number of rotatable bonds is 4. The average Bonchev–Trinajstić information content (AvgIpc) is 2.38. The van der Waals surface area contributed by atoms with Crippen molar-refractivity contribution in [3.05, 3.63) is 0 Å². The summed E-state index contributed by atoms with van der Waals surface area (Å²) >= 11 is 0. The van der Waals surface area contributed by atoms with Gasteiger partial charge in [-0.05, 0) is 0 Å². The number of hydrogen-bond acceptors (Lipinski definition) is 4. The van der Waals surface area contributed by atoms with Crippen molar-refractivity contribution in [2.24, 2.45) is 23.7 Å². The van der Waals surface area contributed by atoms with Crippen LogP contribution in [0.2, 0.25) is 0 Å². The molecule has 0 aromatic rings. The smallest absolute Gasteiger partial charge is 1.00 e. The fourth-order valence-electron chi connectivity index (χ4n) is 0.868. The molecular weight excluding hydrogens is 406 g/mol. The molecule has 0 spiro atoms. The fourth-order valence-corrected chi connectivity index (χ4v) is 0.868. The Labute approximate surface area is 175 Å². The van der Waals surface area contributed by atoms with Gasteiger partial charge in [0, 0.05) is 23.7 Å². The molecule has 0 saturated carbocycles. The van der Waals surface area contributed by atoms with Crippen LogP contribution in [0, 0.1) is 45.3 Å². The van der Waals surface area contributed by atoms with E-state index in [-0.39, 0.29) is 65.0 Å². The molecule has 0 aliphatic rings. The van der Waals surface area contributed by atoms with Crippen molar-refractivity contribution in [3.8, 4) is 0 Å². The first-order chi connectivity index (χ1) is 9.89. The molecule has 0 rings (SSSR count). The van der Waals surface area contributed by atoms with Crippen molar-refractivity contribution >= 4 is 23.3 Å². The van der Waals surface area contributed by atoms with Gasteiger partial charge in [-0.15, -0.1) is 0 Å². The molecular formula is C16H34Cl2N6Ni. The van der Waals surface area contributed by atoms with Crippen LogP contribution >= 0.6 is 0 Å². The molecule has 6 nitrogen and oxygen atoms in total. The Morgan fingerprint density at radius 3 is 0.680 bits per heavy atom. The molecule has 0 atom stereocenters. The zero-order valence-corrected chi connectivity index (χ0v) is 18.9. The summed E-state index contributed by atoms with van der Waals surface area (Å²) in [5, 5.41) is 35.2. The van der Waals surface area contributed by atoms with Crippen molar-refractivity contribution in [1.82, 2.24) is 10.6 Å². The Bertz CT molecular complexity index is 335. The normalized spacial score (nSPS) is 9.12. The zero-order chi connectivity index (χ0) is 18.0. The first kappa shape index (κ1) is 35.5. The van der Waals surface area contributed by atoms with Gasteiger partial charge in [-0.2, -0.15) is 0 Å². The van der Waals surface area contributed by atoms with Crippen molar-refractivity contribution in [2.45, 2.75) is 55.4 Å². The van der Waals surface area contributed by atoms with Gasteiger partial charge in [0.15, 0.2) is 0 Å². The van der Waals surface area contributed by atoms with E-state index in [4.69, 9.17) is 21.6 Å². The molecule has 0 aliphatic heterocycles. The zero-order valence-electron chi connectivity index (χ0n) is 16.4. The van der Waals surface area contributed by atoms with Crippen LogP contribution in [0.3, 0.4) is 0 Å². The Morgan fingerprint density at radius 2 is 0.600 bits per heavy atom. The van der Waals surface area contributed by atoms with Gasteiger partial charge >= 0.3 is 16.5 Å². The maximum absolute atomic E-state index is 7.42. The predicted octanol–water partition coefficient (Wildman–Crippen LogP) is -2.31. The van der Waals surface area contributed by atoms with Crippen LogP contribution < -0.4 is 35.4 Å². The number of hydrogen-bond donors (Lipinski definition) is 6. The van der Waals surface area contributed by atoms with E-state index in [9.17, 15) is 0 Å². The molecule has 6 N–H and O–H groups in total. The summed E-state index contributed by atoms with van der Waals surface area (Å²) in [7, 11) is 0. The van der Waals surface area contributed by atoms with Gasteiger partial charge in [-0.3, -0.25) is 21.6 Å². The minimum absolute atomic E-state index is 0. The average molecular weight is 440 g/mol. The van der Waals surface area contributed by atoms with Gasteiger partial charge in [0.05, 0.1) is 0 Å². The summed E-state index contributed by atoms with van der Waals surface area (Å²) in [5.74, 6) is 2.38. The second-order valence-corrected chi connectivity index (χ2v) is 6.52. The van der Waals surface area contributed by atoms with Gasteiger partial charge in [-0.1, -0.05) is 55.4 Å². The molecule has 152 valence electrons. The second kappa shape index (κ2) is 18.2. The third kappa shape index (κ3) is 19.5. The van der Waals surface area contributed by atoms with E-state index >= 15 is 0 Å². The van der Waals surface area contributed by atoms with Crippen LogP contribution in [0.1, 0.15) is 55.4 Å². The minimum Gasteiger partial charge on any atom is -1.00 e. The topological polar surface area (TPSA) is 119 Å². The van der Waals surface area contributed by atoms with Crippen molar-refractivity contribution in [3.63, 3.8) is 0 Å². The quantitative estimate of drug-likeness (QED) is 0.168. The summed E-state index contributed by atoms with van der Waals surface area (Å²) < 4.78 is 0. The van der Waals surface area contributed by atoms with E-state index in [0.29, 0.717) is 23.3 Å². The molecule has 0 saturated heterocycles. The second-order valence-electron chi connectivity index (χ2n) is 6.52. The fraction of sp³-hybridized carbons (Fsp3) is 0.750. The first-order valence-corrected chi connectivity index (χ1v) is 7.77. The monoisotopic (exact) mass is 438 g/mol. The molecule has 0 heterocycles. The molecule has 0 bridgehead atoms. The van der Waals surface area contributed by atoms with E-state index in [2.05, 4.69) is 10.6 Å². The van der Waals surface area contributed by atoms with Crippen LogP contribution in [0.15, 0.2) is 0 Å². The minimum atomic E-state index is 0. The summed E-state index contributed by atoms with van der Waals surface area (Å²) in [6, 6.07) is 0. The van der Waals surface area contributed by atoms with E-state index < -0.39 is 0 Å². The van der Waals surface area contributed by atoms with Crippen molar-refractivity contribution in [2.75, 3.05) is 0 Å². The standard InChI is InChI=1S/2C8H17N3.2ClH.Ni/c2*1-5(2)7(9)11-8(10)6(3)4;;;/h2*5-6H,1-4H3,(H3,9,10,11);2*1H;/q;;;;+2/p-2. The van der Waals surface area contributed by atoms with Crippen LogP contribution in [0.25, 0.3) is 0 Å². The maximum atomic E-state index is 7.42. The molecule has 25 heavy (non-hydrogen) atoms. The molecule has 0 aliphatic carbocycles. The molecule has 0 unspecified atom stereocenters. The summed E-state index contributed by atoms with van der Waals surface area (Å²) in [6.07, 6.45) is 0. The molecule has 0 amide bonds. The van der Waals surface area contributed by atoms with Crippen molar-refractivity contribution < 1.29 is 41.3 Å². The SMILES string of the molecule is CC(C)C(=N)NC(=N)C(C)C.CC(C)C(=N)NC(=N)C(C)C.[Cl-].[Cl-].[Ni+2]. The summed E-state index contributed by atoms with van der Waals surface area (Å²) in [4.78, 5) is 0. The number of amidine groups is 4. The van der Waals surface area contributed by atoms with Crippen LogP contribution in [0.5, 0.6) is 0 Å². The van der Waals surface area contributed by atoms with Crippen LogP contribution in [-0.2, 0) is 16.5 Å². The molecule has 0 radical (unpaired) electrons. The number of halogens is 2. The molecule has 0 fully saturated rings. The van der Waals surface area contributed by atoms with Gasteiger partial charge < -0.3 is 35.4 Å². The summed E-state index contributed by atoms with van der Waals surface area (Å²) in [5.41, 5.74) is 0. The van der Waals surface area contributed by atoms with Gasteiger partial charge in [0.1, 0.15) is 23.3 Å². The molecule has 0 aromatic heterocycles. The Morgan fingerprint density at radius 1 is 0.480 bits per heavy atom. The van der Waals surface area contributed by atoms with Gasteiger partial charge in [0.25, 0.3) is 0 Å². The maximum Gasteiger partial charge on any atom is 2.00 e. The van der Waals surface area contributed by atoms with E-state index in [1.165, 1.54) is 0 Å². The molecule has 0 aromatic carbocycles. The Hall–Kier alpha value is -0.646. The third-order valence-corrected chi connectivity index (χ3v) is 2.85. The Kier molecular flexibility index (Phi) is 25.7. The van der Waals surface area contributed by atoms with Gasteiger partial charge in [-0.25, -0.2) is 0 Å². The third-order valence-electron chi connectivity index (χ3n) is 2.85. The summed E-state index contributed by atoms with van der Waals surface area (Å²) in [6.45, 7) is 15.5. The predicted molar refractivity (Wildman–Crippen MR) is 96.5 cm³/mol. The van der Waals surface area contributed by atoms with E-state index in [0.717, 1.165) is 0 Å². The van der Waals surface area contributed by atoms with E-state index in [1.807, 2.05) is 55.4 Å². The van der Waals surface area contributed by atoms with Crippen molar-refractivity contribution in [1.29, 1.82) is 21.6 Å². The van der Waals surface area contributed by atoms with Crippen LogP contribution in [0.4, 0.5) is 0 Å². The first-order valence-electron chi connectivity index (χ1n) is 7.77. The van der Waals surface area contributed by atoms with Gasteiger partial charge in [0.2, 0.25) is 0 Å². The Balaban J connectivity index is -0.0000000952. The number of nitrogens with one attached hydrogen (secondary N) is 6. The van der Waals surface area contributed by atoms with Crippen LogP contribution in [-0.4, -0.2) is 23.3 Å². The largest absolute Gasteiger partial charge is 2.00 e. The van der Waals surface area contributed by atoms with E-state index in [1.54, 1.807) is 0 Å².